The smallest absolute Gasteiger partial charge is 0.422 e. The van der Waals surface area contributed by atoms with Gasteiger partial charge in [0.1, 0.15) is 17.2 Å². The summed E-state index contributed by atoms with van der Waals surface area (Å²) in [5.74, 6) is 0.830. The monoisotopic (exact) mass is 772 g/mol. The molecule has 11 nitrogen and oxygen atoms in total. The van der Waals surface area contributed by atoms with Crippen molar-refractivity contribution >= 4 is 49.0 Å². The fourth-order valence-electron chi connectivity index (χ4n) is 6.68. The Kier molecular flexibility index (Phi) is 10.3. The number of nitrogens with one attached hydrogen (secondary N) is 1. The normalized spacial score (nSPS) is 14.0. The predicted octanol–water partition coefficient (Wildman–Crippen LogP) is 7.28. The summed E-state index contributed by atoms with van der Waals surface area (Å²) in [6, 6.07) is 27.8. The maximum Gasteiger partial charge on any atom is 0.422 e. The highest BCUT2D eigenvalue weighted by Crippen LogP contribution is 2.32. The van der Waals surface area contributed by atoms with E-state index in [9.17, 15) is 26.4 Å². The summed E-state index contributed by atoms with van der Waals surface area (Å²) in [7, 11) is 1.71. The van der Waals surface area contributed by atoms with Crippen molar-refractivity contribution in [2.75, 3.05) is 56.5 Å². The Morgan fingerprint density at radius 3 is 2.27 bits per heavy atom. The molecule has 1 aliphatic rings. The third kappa shape index (κ3) is 8.47. The molecule has 0 bridgehead atoms. The zero-order valence-corrected chi connectivity index (χ0v) is 31.2. The zero-order chi connectivity index (χ0) is 38.9. The Morgan fingerprint density at radius 1 is 0.873 bits per heavy atom. The summed E-state index contributed by atoms with van der Waals surface area (Å²) >= 11 is 0. The summed E-state index contributed by atoms with van der Waals surface area (Å²) in [6.45, 7) is 1.62. The number of rotatable bonds is 11. The van der Waals surface area contributed by atoms with Crippen molar-refractivity contribution in [1.82, 2.24) is 19.4 Å². The number of amides is 1. The van der Waals surface area contributed by atoms with E-state index in [1.807, 2.05) is 71.9 Å². The van der Waals surface area contributed by atoms with E-state index in [4.69, 9.17) is 9.47 Å². The van der Waals surface area contributed by atoms with Crippen molar-refractivity contribution in [3.63, 3.8) is 0 Å². The number of sulfonamides is 1. The largest absolute Gasteiger partial charge is 0.484 e. The van der Waals surface area contributed by atoms with Crippen LogP contribution >= 0.6 is 0 Å². The van der Waals surface area contributed by atoms with Crippen molar-refractivity contribution in [3.8, 4) is 17.4 Å². The summed E-state index contributed by atoms with van der Waals surface area (Å²) in [4.78, 5) is 24.1. The number of pyridine rings is 1. The molecule has 3 heterocycles. The van der Waals surface area contributed by atoms with Crippen LogP contribution in [0.4, 0.5) is 24.5 Å². The quantitative estimate of drug-likeness (QED) is 0.146. The average molecular weight is 773 g/mol. The van der Waals surface area contributed by atoms with E-state index in [0.29, 0.717) is 49.6 Å². The Labute approximate surface area is 316 Å². The van der Waals surface area contributed by atoms with E-state index in [1.165, 1.54) is 18.3 Å². The molecule has 0 spiro atoms. The third-order valence-corrected chi connectivity index (χ3v) is 10.9. The van der Waals surface area contributed by atoms with E-state index in [1.54, 1.807) is 48.5 Å². The number of alkyl halides is 3. The number of anilines is 2. The molecule has 1 N–H and O–H groups in total. The van der Waals surface area contributed by atoms with Gasteiger partial charge in [-0.2, -0.15) is 13.2 Å². The summed E-state index contributed by atoms with van der Waals surface area (Å²) < 4.78 is 79.5. The Hall–Kier alpha value is -5.80. The number of halogens is 3. The number of piperazine rings is 1. The fraction of sp³-hybridized carbons (Fsp3) is 0.250. The maximum atomic E-state index is 13.6. The topological polar surface area (TPSA) is 109 Å². The molecule has 6 aromatic rings. The minimum Gasteiger partial charge on any atom is -0.484 e. The van der Waals surface area contributed by atoms with Crippen LogP contribution in [0.5, 0.6) is 17.4 Å². The summed E-state index contributed by atoms with van der Waals surface area (Å²) in [6.07, 6.45) is -2.99. The van der Waals surface area contributed by atoms with Gasteiger partial charge in [0.25, 0.3) is 15.9 Å². The van der Waals surface area contributed by atoms with Gasteiger partial charge in [0.15, 0.2) is 6.61 Å². The van der Waals surface area contributed by atoms with Crippen LogP contribution in [0.15, 0.2) is 108 Å². The lowest BCUT2D eigenvalue weighted by Gasteiger charge is -2.34. The van der Waals surface area contributed by atoms with Crippen molar-refractivity contribution in [3.05, 3.63) is 115 Å². The molecule has 286 valence electrons. The summed E-state index contributed by atoms with van der Waals surface area (Å²) in [5, 5.41) is 2.30. The number of benzene rings is 4. The van der Waals surface area contributed by atoms with Gasteiger partial charge in [-0.05, 0) is 54.1 Å². The lowest BCUT2D eigenvalue weighted by Crippen LogP contribution is -2.48. The number of ether oxygens (including phenoxy) is 2. The van der Waals surface area contributed by atoms with Crippen LogP contribution in [-0.2, 0) is 23.6 Å². The molecule has 15 heteroatoms. The van der Waals surface area contributed by atoms with Crippen LogP contribution in [0, 0.1) is 0 Å². The molecule has 0 aliphatic carbocycles. The highest BCUT2D eigenvalue weighted by Gasteiger charge is 2.29. The molecule has 1 amide bonds. The molecule has 7 rings (SSSR count). The van der Waals surface area contributed by atoms with Gasteiger partial charge in [-0.15, -0.1) is 0 Å². The van der Waals surface area contributed by atoms with Crippen LogP contribution in [-0.4, -0.2) is 86.7 Å². The Bertz CT molecular complexity index is 2450. The number of hydrogen-bond acceptors (Lipinski definition) is 8. The number of carbonyl (C=O) groups is 1. The molecule has 0 radical (unpaired) electrons. The first kappa shape index (κ1) is 37.5. The number of aromatic nitrogens is 2. The van der Waals surface area contributed by atoms with Crippen molar-refractivity contribution in [2.24, 2.45) is 7.05 Å². The van der Waals surface area contributed by atoms with Crippen LogP contribution < -0.4 is 19.1 Å². The van der Waals surface area contributed by atoms with Crippen molar-refractivity contribution in [2.45, 2.75) is 17.6 Å². The molecular weight excluding hydrogens is 734 g/mol. The van der Waals surface area contributed by atoms with Crippen LogP contribution in [0.1, 0.15) is 16.1 Å². The second-order valence-corrected chi connectivity index (χ2v) is 15.2. The van der Waals surface area contributed by atoms with Crippen LogP contribution in [0.3, 0.4) is 0 Å². The fourth-order valence-corrected chi connectivity index (χ4v) is 7.95. The Morgan fingerprint density at radius 2 is 1.58 bits per heavy atom. The van der Waals surface area contributed by atoms with Gasteiger partial charge in [-0.3, -0.25) is 14.4 Å². The van der Waals surface area contributed by atoms with Crippen molar-refractivity contribution in [1.29, 1.82) is 0 Å². The van der Waals surface area contributed by atoms with E-state index in [-0.39, 0.29) is 28.1 Å². The van der Waals surface area contributed by atoms with E-state index < -0.39 is 22.8 Å². The van der Waals surface area contributed by atoms with Gasteiger partial charge in [0, 0.05) is 87.8 Å². The standard InChI is InChI=1S/C40H39F3N6O5S/c1-46(2)34-8-4-7-33-32(34)6-5-9-37(33)55(51,52)45-29-13-17-38(44-24-29)54-31-16-12-28-22-36(47(3)35(28)23-31)39(50)49-20-18-48(19-21-49)25-27-10-14-30(15-11-27)53-26-40(41,42)43/h4-17,22-24,45H,18-21,25-26H2,1-3H3. The van der Waals surface area contributed by atoms with Gasteiger partial charge in [0.05, 0.1) is 22.3 Å². The van der Waals surface area contributed by atoms with Gasteiger partial charge in [0.2, 0.25) is 5.88 Å². The molecule has 1 saturated heterocycles. The van der Waals surface area contributed by atoms with E-state index in [2.05, 4.69) is 14.6 Å². The number of hydrogen-bond donors (Lipinski definition) is 1. The number of carbonyl (C=O) groups excluding carboxylic acids is 1. The first-order chi connectivity index (χ1) is 26.2. The van der Waals surface area contributed by atoms with E-state index in [0.717, 1.165) is 27.5 Å². The first-order valence-corrected chi connectivity index (χ1v) is 19.0. The molecule has 0 atom stereocenters. The first-order valence-electron chi connectivity index (χ1n) is 17.5. The lowest BCUT2D eigenvalue weighted by molar-refractivity contribution is -0.153. The molecule has 2 aromatic heterocycles. The van der Waals surface area contributed by atoms with Gasteiger partial charge >= 0.3 is 6.18 Å². The van der Waals surface area contributed by atoms with E-state index >= 15 is 0 Å². The average Bonchev–Trinajstić information content (AvgIpc) is 3.49. The molecule has 1 fully saturated rings. The number of aryl methyl sites for hydroxylation is 1. The van der Waals surface area contributed by atoms with Crippen molar-refractivity contribution < 1.29 is 35.9 Å². The minimum absolute atomic E-state index is 0.0895. The predicted molar refractivity (Wildman–Crippen MR) is 205 cm³/mol. The SMILES string of the molecule is CN(C)c1cccc2c(S(=O)(=O)Nc3ccc(Oc4ccc5cc(C(=O)N6CCN(Cc7ccc(OCC(F)(F)F)cc7)CC6)n(C)c5c4)nc3)cccc12. The number of fused-ring (bicyclic) bond motifs is 2. The second kappa shape index (κ2) is 15.1. The van der Waals surface area contributed by atoms with Gasteiger partial charge in [-0.1, -0.05) is 36.4 Å². The molecule has 0 saturated carbocycles. The second-order valence-electron chi connectivity index (χ2n) is 13.5. The highest BCUT2D eigenvalue weighted by atomic mass is 32.2. The van der Waals surface area contributed by atoms with Gasteiger partial charge in [-0.25, -0.2) is 13.4 Å². The summed E-state index contributed by atoms with van der Waals surface area (Å²) in [5.41, 5.74) is 3.46. The molecule has 4 aromatic carbocycles. The van der Waals surface area contributed by atoms with Gasteiger partial charge < -0.3 is 23.8 Å². The molecule has 0 unspecified atom stereocenters. The molecule has 1 aliphatic heterocycles. The molecular formula is C40H39F3N6O5S. The van der Waals surface area contributed by atoms with Crippen LogP contribution in [0.25, 0.3) is 21.7 Å². The van der Waals surface area contributed by atoms with Crippen LogP contribution in [0.2, 0.25) is 0 Å². The lowest BCUT2D eigenvalue weighted by atomic mass is 10.1. The highest BCUT2D eigenvalue weighted by molar-refractivity contribution is 7.93. The maximum absolute atomic E-state index is 13.6. The molecule has 55 heavy (non-hydrogen) atoms. The Balaban J connectivity index is 0.963. The number of nitrogens with zero attached hydrogens (tertiary/aromatic N) is 5. The zero-order valence-electron chi connectivity index (χ0n) is 30.4. The third-order valence-electron chi connectivity index (χ3n) is 9.47. The minimum atomic E-state index is -4.39.